The van der Waals surface area contributed by atoms with Gasteiger partial charge in [0.2, 0.25) is 0 Å². The van der Waals surface area contributed by atoms with Crippen LogP contribution in [0.25, 0.3) is 11.0 Å². The Morgan fingerprint density at radius 2 is 2.06 bits per heavy atom. The summed E-state index contributed by atoms with van der Waals surface area (Å²) in [5.74, 6) is -0.983. The van der Waals surface area contributed by atoms with E-state index in [0.717, 1.165) is 5.56 Å². The first-order valence-corrected chi connectivity index (χ1v) is 5.45. The summed E-state index contributed by atoms with van der Waals surface area (Å²) in [5, 5.41) is 19.1. The van der Waals surface area contributed by atoms with E-state index in [0.29, 0.717) is 16.5 Å². The number of carboxylic acids is 1. The van der Waals surface area contributed by atoms with Crippen molar-refractivity contribution in [1.82, 2.24) is 0 Å². The predicted octanol–water partition coefficient (Wildman–Crippen LogP) is 1.82. The van der Waals surface area contributed by atoms with E-state index in [1.807, 2.05) is 0 Å². The largest absolute Gasteiger partial charge is 0.508 e. The van der Waals surface area contributed by atoms with E-state index in [1.54, 1.807) is 13.0 Å². The molecule has 0 bridgehead atoms. The van der Waals surface area contributed by atoms with Crippen LogP contribution < -0.4 is 5.63 Å². The quantitative estimate of drug-likeness (QED) is 0.809. The third-order valence-corrected chi connectivity index (χ3v) is 2.76. The predicted molar refractivity (Wildman–Crippen MR) is 64.8 cm³/mol. The minimum Gasteiger partial charge on any atom is -0.508 e. The van der Waals surface area contributed by atoms with Gasteiger partial charge in [0.25, 0.3) is 0 Å². The van der Waals surface area contributed by atoms with E-state index in [2.05, 4.69) is 0 Å². The van der Waals surface area contributed by atoms with Crippen LogP contribution in [-0.4, -0.2) is 16.2 Å². The zero-order chi connectivity index (χ0) is 13.3. The van der Waals surface area contributed by atoms with Gasteiger partial charge in [-0.05, 0) is 30.5 Å². The molecule has 0 aliphatic carbocycles. The molecule has 0 atom stereocenters. The molecular formula is C13H12O5. The van der Waals surface area contributed by atoms with Crippen molar-refractivity contribution in [2.24, 2.45) is 0 Å². The third kappa shape index (κ3) is 2.34. The molecule has 94 valence electrons. The van der Waals surface area contributed by atoms with Crippen molar-refractivity contribution in [3.05, 3.63) is 39.7 Å². The minimum atomic E-state index is -0.925. The van der Waals surface area contributed by atoms with Gasteiger partial charge in [-0.15, -0.1) is 0 Å². The molecule has 0 aliphatic rings. The molecule has 2 aromatic rings. The van der Waals surface area contributed by atoms with Crippen LogP contribution in [0.2, 0.25) is 0 Å². The number of phenols is 1. The van der Waals surface area contributed by atoms with Crippen molar-refractivity contribution >= 4 is 16.9 Å². The summed E-state index contributed by atoms with van der Waals surface area (Å²) in [5.41, 5.74) is 1.09. The fourth-order valence-corrected chi connectivity index (χ4v) is 1.84. The number of aromatic hydroxyl groups is 1. The second kappa shape index (κ2) is 4.52. The Bertz CT molecular complexity index is 669. The van der Waals surface area contributed by atoms with Crippen molar-refractivity contribution in [3.63, 3.8) is 0 Å². The van der Waals surface area contributed by atoms with Gasteiger partial charge in [-0.2, -0.15) is 0 Å². The molecule has 2 N–H and O–H groups in total. The van der Waals surface area contributed by atoms with E-state index in [9.17, 15) is 14.7 Å². The summed E-state index contributed by atoms with van der Waals surface area (Å²) in [6, 6.07) is 4.37. The van der Waals surface area contributed by atoms with Gasteiger partial charge in [-0.1, -0.05) is 0 Å². The summed E-state index contributed by atoms with van der Waals surface area (Å²) >= 11 is 0. The SMILES string of the molecule is Cc1cc(=O)oc2cc(O)c(CCC(=O)O)cc12. The Hall–Kier alpha value is -2.30. The molecule has 2 rings (SSSR count). The van der Waals surface area contributed by atoms with Crippen LogP contribution in [0.5, 0.6) is 5.75 Å². The van der Waals surface area contributed by atoms with E-state index in [1.165, 1.54) is 12.1 Å². The molecule has 0 saturated carbocycles. The highest BCUT2D eigenvalue weighted by Crippen LogP contribution is 2.27. The highest BCUT2D eigenvalue weighted by Gasteiger charge is 2.09. The van der Waals surface area contributed by atoms with E-state index >= 15 is 0 Å². The number of aryl methyl sites for hydroxylation is 2. The Morgan fingerprint density at radius 3 is 2.72 bits per heavy atom. The highest BCUT2D eigenvalue weighted by atomic mass is 16.4. The molecule has 1 aromatic heterocycles. The maximum atomic E-state index is 11.2. The average Bonchev–Trinajstić information content (AvgIpc) is 2.26. The monoisotopic (exact) mass is 248 g/mol. The first kappa shape index (κ1) is 12.2. The van der Waals surface area contributed by atoms with Crippen LogP contribution in [0.4, 0.5) is 0 Å². The number of carboxylic acid groups (broad SMARTS) is 1. The molecular weight excluding hydrogens is 236 g/mol. The van der Waals surface area contributed by atoms with Crippen LogP contribution in [0.3, 0.4) is 0 Å². The van der Waals surface area contributed by atoms with Crippen LogP contribution in [0.15, 0.2) is 27.4 Å². The van der Waals surface area contributed by atoms with Crippen molar-refractivity contribution in [3.8, 4) is 5.75 Å². The molecule has 0 radical (unpaired) electrons. The second-order valence-electron chi connectivity index (χ2n) is 4.12. The third-order valence-electron chi connectivity index (χ3n) is 2.76. The number of hydrogen-bond acceptors (Lipinski definition) is 4. The molecule has 18 heavy (non-hydrogen) atoms. The van der Waals surface area contributed by atoms with Gasteiger partial charge in [-0.3, -0.25) is 4.79 Å². The molecule has 5 nitrogen and oxygen atoms in total. The van der Waals surface area contributed by atoms with Gasteiger partial charge in [0, 0.05) is 23.9 Å². The molecule has 0 fully saturated rings. The van der Waals surface area contributed by atoms with Gasteiger partial charge in [-0.25, -0.2) is 4.79 Å². The number of aliphatic carboxylic acids is 1. The normalized spacial score (nSPS) is 10.7. The Morgan fingerprint density at radius 1 is 1.33 bits per heavy atom. The molecule has 1 aromatic carbocycles. The lowest BCUT2D eigenvalue weighted by Crippen LogP contribution is -2.00. The smallest absolute Gasteiger partial charge is 0.336 e. The number of rotatable bonds is 3. The lowest BCUT2D eigenvalue weighted by Gasteiger charge is -2.06. The summed E-state index contributed by atoms with van der Waals surface area (Å²) < 4.78 is 4.97. The van der Waals surface area contributed by atoms with Gasteiger partial charge < -0.3 is 14.6 Å². The summed E-state index contributed by atoms with van der Waals surface area (Å²) in [6.45, 7) is 1.76. The van der Waals surface area contributed by atoms with Crippen molar-refractivity contribution in [2.75, 3.05) is 0 Å². The highest BCUT2D eigenvalue weighted by molar-refractivity contribution is 5.82. The van der Waals surface area contributed by atoms with Crippen LogP contribution in [0, 0.1) is 6.92 Å². The molecule has 1 heterocycles. The minimum absolute atomic E-state index is 0.0579. The van der Waals surface area contributed by atoms with E-state index < -0.39 is 11.6 Å². The fourth-order valence-electron chi connectivity index (χ4n) is 1.84. The van der Waals surface area contributed by atoms with Crippen LogP contribution >= 0.6 is 0 Å². The lowest BCUT2D eigenvalue weighted by molar-refractivity contribution is -0.136. The van der Waals surface area contributed by atoms with Gasteiger partial charge in [0.15, 0.2) is 0 Å². The second-order valence-corrected chi connectivity index (χ2v) is 4.12. The summed E-state index contributed by atoms with van der Waals surface area (Å²) in [4.78, 5) is 21.7. The Balaban J connectivity index is 2.54. The van der Waals surface area contributed by atoms with E-state index in [4.69, 9.17) is 9.52 Å². The zero-order valence-electron chi connectivity index (χ0n) is 9.77. The molecule has 0 unspecified atom stereocenters. The van der Waals surface area contributed by atoms with Crippen molar-refractivity contribution in [1.29, 1.82) is 0 Å². The van der Waals surface area contributed by atoms with Crippen molar-refractivity contribution < 1.29 is 19.4 Å². The number of hydrogen-bond donors (Lipinski definition) is 2. The number of benzene rings is 1. The Labute approximate surface area is 102 Å². The molecule has 0 saturated heterocycles. The zero-order valence-corrected chi connectivity index (χ0v) is 9.77. The summed E-state index contributed by atoms with van der Waals surface area (Å²) in [6.07, 6.45) is 0.171. The van der Waals surface area contributed by atoms with Crippen LogP contribution in [-0.2, 0) is 11.2 Å². The van der Waals surface area contributed by atoms with Crippen molar-refractivity contribution in [2.45, 2.75) is 19.8 Å². The van der Waals surface area contributed by atoms with Gasteiger partial charge >= 0.3 is 11.6 Å². The Kier molecular flexibility index (Phi) is 3.06. The maximum Gasteiger partial charge on any atom is 0.336 e. The standard InChI is InChI=1S/C13H12O5/c1-7-4-13(17)18-11-6-10(14)8(5-9(7)11)2-3-12(15)16/h4-6,14H,2-3H2,1H3,(H,15,16). The number of carbonyl (C=O) groups is 1. The fraction of sp³-hybridized carbons (Fsp3) is 0.231. The number of phenolic OH excluding ortho intramolecular Hbond substituents is 1. The first-order chi connectivity index (χ1) is 8.47. The molecule has 0 amide bonds. The first-order valence-electron chi connectivity index (χ1n) is 5.45. The van der Waals surface area contributed by atoms with Crippen LogP contribution in [0.1, 0.15) is 17.5 Å². The van der Waals surface area contributed by atoms with E-state index in [-0.39, 0.29) is 18.6 Å². The molecule has 5 heteroatoms. The topological polar surface area (TPSA) is 87.7 Å². The average molecular weight is 248 g/mol. The van der Waals surface area contributed by atoms with Gasteiger partial charge in [0.05, 0.1) is 0 Å². The molecule has 0 spiro atoms. The molecule has 0 aliphatic heterocycles. The maximum absolute atomic E-state index is 11.2. The van der Waals surface area contributed by atoms with Gasteiger partial charge in [0.1, 0.15) is 11.3 Å². The summed E-state index contributed by atoms with van der Waals surface area (Å²) in [7, 11) is 0. The lowest BCUT2D eigenvalue weighted by atomic mass is 10.0. The number of fused-ring (bicyclic) bond motifs is 1.